The number of ether oxygens (including phenoxy) is 1. The van der Waals surface area contributed by atoms with Crippen molar-refractivity contribution in [2.45, 2.75) is 6.92 Å². The third-order valence-corrected chi connectivity index (χ3v) is 2.65. The van der Waals surface area contributed by atoms with Gasteiger partial charge in [-0.2, -0.15) is 0 Å². The molecule has 1 aromatic carbocycles. The number of methoxy groups -OCH3 is 1. The summed E-state index contributed by atoms with van der Waals surface area (Å²) in [6.45, 7) is 1.88. The fraction of sp³-hybridized carbons (Fsp3) is 0.143. The van der Waals surface area contributed by atoms with E-state index >= 15 is 0 Å². The second kappa shape index (κ2) is 5.39. The Morgan fingerprint density at radius 2 is 2.16 bits per heavy atom. The lowest BCUT2D eigenvalue weighted by Crippen LogP contribution is -2.13. The Kier molecular flexibility index (Phi) is 3.66. The lowest BCUT2D eigenvalue weighted by molar-refractivity contribution is 0.101. The van der Waals surface area contributed by atoms with Crippen LogP contribution in [-0.2, 0) is 0 Å². The van der Waals surface area contributed by atoms with Crippen molar-refractivity contribution in [2.24, 2.45) is 0 Å². The number of benzene rings is 1. The molecule has 0 bridgehead atoms. The van der Waals surface area contributed by atoms with Crippen molar-refractivity contribution in [3.05, 3.63) is 47.8 Å². The van der Waals surface area contributed by atoms with Crippen LogP contribution >= 0.6 is 0 Å². The van der Waals surface area contributed by atoms with Crippen LogP contribution < -0.4 is 10.1 Å². The molecule has 1 amide bonds. The van der Waals surface area contributed by atoms with Gasteiger partial charge in [0, 0.05) is 11.9 Å². The molecular weight excluding hydrogens is 244 g/mol. The van der Waals surface area contributed by atoms with Crippen LogP contribution in [0.2, 0.25) is 0 Å². The zero-order valence-corrected chi connectivity index (χ0v) is 10.7. The SMILES string of the molecule is COc1ccc(NC(=O)c2ncccc2O)cc1C. The van der Waals surface area contributed by atoms with E-state index in [1.165, 1.54) is 12.3 Å². The minimum absolute atomic E-state index is 0.00373. The van der Waals surface area contributed by atoms with Crippen LogP contribution in [-0.4, -0.2) is 23.1 Å². The molecule has 0 atom stereocenters. The number of aryl methyl sites for hydroxylation is 1. The van der Waals surface area contributed by atoms with E-state index in [0.717, 1.165) is 11.3 Å². The summed E-state index contributed by atoms with van der Waals surface area (Å²) in [4.78, 5) is 15.8. The molecule has 0 fully saturated rings. The first-order valence-electron chi connectivity index (χ1n) is 5.72. The van der Waals surface area contributed by atoms with Crippen molar-refractivity contribution in [3.8, 4) is 11.5 Å². The Bertz CT molecular complexity index is 611. The van der Waals surface area contributed by atoms with Crippen LogP contribution in [0.1, 0.15) is 16.1 Å². The fourth-order valence-electron chi connectivity index (χ4n) is 1.72. The topological polar surface area (TPSA) is 71.5 Å². The van der Waals surface area contributed by atoms with Crippen molar-refractivity contribution in [3.63, 3.8) is 0 Å². The van der Waals surface area contributed by atoms with Gasteiger partial charge in [-0.3, -0.25) is 4.79 Å². The minimum atomic E-state index is -0.456. The van der Waals surface area contributed by atoms with Crippen LogP contribution in [0, 0.1) is 6.92 Å². The number of aromatic hydroxyl groups is 1. The van der Waals surface area contributed by atoms with Crippen molar-refractivity contribution >= 4 is 11.6 Å². The lowest BCUT2D eigenvalue weighted by Gasteiger charge is -2.09. The Balaban J connectivity index is 2.20. The summed E-state index contributed by atoms with van der Waals surface area (Å²) in [5.74, 6) is 0.145. The molecule has 0 aliphatic heterocycles. The highest BCUT2D eigenvalue weighted by Crippen LogP contribution is 2.22. The molecule has 0 spiro atoms. The lowest BCUT2D eigenvalue weighted by atomic mass is 10.2. The highest BCUT2D eigenvalue weighted by atomic mass is 16.5. The van der Waals surface area contributed by atoms with E-state index < -0.39 is 5.91 Å². The summed E-state index contributed by atoms with van der Waals surface area (Å²) < 4.78 is 5.14. The van der Waals surface area contributed by atoms with Crippen molar-refractivity contribution in [1.29, 1.82) is 0 Å². The number of carbonyl (C=O) groups is 1. The number of rotatable bonds is 3. The molecule has 98 valence electrons. The number of carbonyl (C=O) groups excluding carboxylic acids is 1. The van der Waals surface area contributed by atoms with E-state index in [-0.39, 0.29) is 11.4 Å². The molecule has 5 heteroatoms. The highest BCUT2D eigenvalue weighted by molar-refractivity contribution is 6.04. The van der Waals surface area contributed by atoms with Gasteiger partial charge in [-0.05, 0) is 42.8 Å². The maximum Gasteiger partial charge on any atom is 0.278 e. The van der Waals surface area contributed by atoms with E-state index in [9.17, 15) is 9.90 Å². The first kappa shape index (κ1) is 12.9. The second-order valence-corrected chi connectivity index (χ2v) is 4.01. The molecule has 2 aromatic rings. The Hall–Kier alpha value is -2.56. The van der Waals surface area contributed by atoms with Gasteiger partial charge in [0.25, 0.3) is 5.91 Å². The second-order valence-electron chi connectivity index (χ2n) is 4.01. The summed E-state index contributed by atoms with van der Waals surface area (Å²) >= 11 is 0. The number of pyridine rings is 1. The highest BCUT2D eigenvalue weighted by Gasteiger charge is 2.12. The molecule has 1 heterocycles. The average molecular weight is 258 g/mol. The molecule has 0 saturated heterocycles. The van der Waals surface area contributed by atoms with Crippen molar-refractivity contribution in [1.82, 2.24) is 4.98 Å². The number of hydrogen-bond donors (Lipinski definition) is 2. The van der Waals surface area contributed by atoms with Gasteiger partial charge in [0.2, 0.25) is 0 Å². The van der Waals surface area contributed by atoms with Gasteiger partial charge < -0.3 is 15.2 Å². The summed E-state index contributed by atoms with van der Waals surface area (Å²) in [5, 5.41) is 12.2. The van der Waals surface area contributed by atoms with Gasteiger partial charge in [0.15, 0.2) is 5.69 Å². The fourth-order valence-corrected chi connectivity index (χ4v) is 1.72. The predicted molar refractivity (Wildman–Crippen MR) is 71.6 cm³/mol. The first-order chi connectivity index (χ1) is 9.11. The average Bonchev–Trinajstić information content (AvgIpc) is 2.39. The predicted octanol–water partition coefficient (Wildman–Crippen LogP) is 2.36. The van der Waals surface area contributed by atoms with E-state index in [4.69, 9.17) is 4.74 Å². The molecule has 0 saturated carbocycles. The van der Waals surface area contributed by atoms with Gasteiger partial charge in [0.05, 0.1) is 7.11 Å². The molecule has 2 rings (SSSR count). The van der Waals surface area contributed by atoms with Crippen molar-refractivity contribution < 1.29 is 14.6 Å². The number of anilines is 1. The molecule has 5 nitrogen and oxygen atoms in total. The molecule has 19 heavy (non-hydrogen) atoms. The Morgan fingerprint density at radius 1 is 1.37 bits per heavy atom. The quantitative estimate of drug-likeness (QED) is 0.886. The Labute approximate surface area is 110 Å². The molecule has 0 aliphatic carbocycles. The van der Waals surface area contributed by atoms with Crippen LogP contribution in [0.3, 0.4) is 0 Å². The molecule has 0 aliphatic rings. The van der Waals surface area contributed by atoms with Crippen molar-refractivity contribution in [2.75, 3.05) is 12.4 Å². The van der Waals surface area contributed by atoms with Crippen LogP contribution in [0.15, 0.2) is 36.5 Å². The minimum Gasteiger partial charge on any atom is -0.505 e. The summed E-state index contributed by atoms with van der Waals surface area (Å²) in [6, 6.07) is 8.26. The van der Waals surface area contributed by atoms with Gasteiger partial charge in [-0.15, -0.1) is 0 Å². The molecule has 1 aromatic heterocycles. The smallest absolute Gasteiger partial charge is 0.278 e. The summed E-state index contributed by atoms with van der Waals surface area (Å²) in [5.41, 5.74) is 1.52. The van der Waals surface area contributed by atoms with Crippen LogP contribution in [0.25, 0.3) is 0 Å². The van der Waals surface area contributed by atoms with Gasteiger partial charge in [0.1, 0.15) is 11.5 Å². The Morgan fingerprint density at radius 3 is 2.79 bits per heavy atom. The molecule has 0 radical (unpaired) electrons. The molecule has 2 N–H and O–H groups in total. The van der Waals surface area contributed by atoms with Gasteiger partial charge in [-0.1, -0.05) is 0 Å². The van der Waals surface area contributed by atoms with Crippen LogP contribution in [0.4, 0.5) is 5.69 Å². The van der Waals surface area contributed by atoms with Gasteiger partial charge in [-0.25, -0.2) is 4.98 Å². The van der Waals surface area contributed by atoms with E-state index in [1.54, 1.807) is 31.4 Å². The van der Waals surface area contributed by atoms with E-state index in [2.05, 4.69) is 10.3 Å². The largest absolute Gasteiger partial charge is 0.505 e. The zero-order chi connectivity index (χ0) is 13.8. The molecule has 0 unspecified atom stereocenters. The zero-order valence-electron chi connectivity index (χ0n) is 10.7. The first-order valence-corrected chi connectivity index (χ1v) is 5.72. The third-order valence-electron chi connectivity index (χ3n) is 2.65. The van der Waals surface area contributed by atoms with E-state index in [0.29, 0.717) is 5.69 Å². The number of nitrogens with one attached hydrogen (secondary N) is 1. The van der Waals surface area contributed by atoms with Gasteiger partial charge >= 0.3 is 0 Å². The maximum absolute atomic E-state index is 11.9. The standard InChI is InChI=1S/C14H14N2O3/c1-9-8-10(5-6-12(9)19-2)16-14(18)13-11(17)4-3-7-15-13/h3-8,17H,1-2H3,(H,16,18). The normalized spacial score (nSPS) is 10.0. The number of hydrogen-bond acceptors (Lipinski definition) is 4. The van der Waals surface area contributed by atoms with Crippen LogP contribution in [0.5, 0.6) is 11.5 Å². The summed E-state index contributed by atoms with van der Waals surface area (Å²) in [7, 11) is 1.59. The monoisotopic (exact) mass is 258 g/mol. The summed E-state index contributed by atoms with van der Waals surface area (Å²) in [6.07, 6.45) is 1.45. The molecular formula is C14H14N2O3. The third kappa shape index (κ3) is 2.82. The number of nitrogens with zero attached hydrogens (tertiary/aromatic N) is 1. The number of amides is 1. The maximum atomic E-state index is 11.9. The van der Waals surface area contributed by atoms with E-state index in [1.807, 2.05) is 6.92 Å². The number of aromatic nitrogens is 1.